The number of aryl methyl sites for hydroxylation is 1. The molecule has 3 heterocycles. The summed E-state index contributed by atoms with van der Waals surface area (Å²) in [6.07, 6.45) is 5.68. The number of aromatic nitrogens is 2. The first-order chi connectivity index (χ1) is 9.20. The molecule has 0 N–H and O–H groups in total. The van der Waals surface area contributed by atoms with Gasteiger partial charge in [0, 0.05) is 32.3 Å². The Morgan fingerprint density at radius 3 is 2.95 bits per heavy atom. The highest BCUT2D eigenvalue weighted by molar-refractivity contribution is 6.01. The first-order valence-corrected chi connectivity index (χ1v) is 6.84. The third-order valence-corrected chi connectivity index (χ3v) is 3.93. The van der Waals surface area contributed by atoms with Crippen molar-refractivity contribution >= 4 is 17.5 Å². The lowest BCUT2D eigenvalue weighted by molar-refractivity contribution is -0.135. The summed E-state index contributed by atoms with van der Waals surface area (Å²) in [5.41, 5.74) is 0.799. The molecule has 0 spiro atoms. The largest absolute Gasteiger partial charge is 0.331 e. The molecule has 2 aliphatic heterocycles. The molecule has 6 heteroatoms. The van der Waals surface area contributed by atoms with Crippen LogP contribution in [0.2, 0.25) is 0 Å². The van der Waals surface area contributed by atoms with Crippen LogP contribution < -0.4 is 4.90 Å². The quantitative estimate of drug-likeness (QED) is 0.785. The van der Waals surface area contributed by atoms with Gasteiger partial charge in [-0.25, -0.2) is 0 Å². The Balaban J connectivity index is 1.89. The van der Waals surface area contributed by atoms with Crippen molar-refractivity contribution in [1.82, 2.24) is 14.7 Å². The van der Waals surface area contributed by atoms with Gasteiger partial charge in [-0.2, -0.15) is 5.10 Å². The zero-order chi connectivity index (χ0) is 13.4. The molecule has 0 bridgehead atoms. The Morgan fingerprint density at radius 1 is 1.37 bits per heavy atom. The van der Waals surface area contributed by atoms with Crippen molar-refractivity contribution in [1.29, 1.82) is 0 Å². The molecule has 2 aliphatic rings. The molecule has 0 aliphatic carbocycles. The molecule has 2 amide bonds. The number of fused-ring (bicyclic) bond motifs is 1. The van der Waals surface area contributed by atoms with Crippen LogP contribution in [0.3, 0.4) is 0 Å². The lowest BCUT2D eigenvalue weighted by Gasteiger charge is -2.24. The first-order valence-electron chi connectivity index (χ1n) is 6.84. The molecule has 0 radical (unpaired) electrons. The average molecular weight is 262 g/mol. The van der Waals surface area contributed by atoms with Crippen molar-refractivity contribution in [2.75, 3.05) is 18.0 Å². The number of anilines is 1. The molecule has 1 aromatic rings. The summed E-state index contributed by atoms with van der Waals surface area (Å²) < 4.78 is 1.79. The minimum Gasteiger partial charge on any atom is -0.331 e. The van der Waals surface area contributed by atoms with Crippen molar-refractivity contribution in [3.8, 4) is 0 Å². The van der Waals surface area contributed by atoms with Gasteiger partial charge in [-0.05, 0) is 19.8 Å². The second kappa shape index (κ2) is 4.68. The number of carbonyl (C=O) groups excluding carboxylic acids is 2. The molecule has 1 aromatic heterocycles. The topological polar surface area (TPSA) is 58.4 Å². The molecule has 0 saturated carbocycles. The lowest BCUT2D eigenvalue weighted by atomic mass is 10.2. The Kier molecular flexibility index (Phi) is 3.00. The fourth-order valence-electron chi connectivity index (χ4n) is 2.88. The van der Waals surface area contributed by atoms with E-state index in [0.717, 1.165) is 31.6 Å². The molecule has 0 aromatic carbocycles. The average Bonchev–Trinajstić information content (AvgIpc) is 3.05. The van der Waals surface area contributed by atoms with Gasteiger partial charge in [-0.3, -0.25) is 14.3 Å². The van der Waals surface area contributed by atoms with Crippen LogP contribution in [0.25, 0.3) is 0 Å². The molecule has 2 saturated heterocycles. The number of carbonyl (C=O) groups is 2. The number of amides is 2. The third kappa shape index (κ3) is 2.01. The van der Waals surface area contributed by atoms with Crippen LogP contribution in [0, 0.1) is 0 Å². The monoisotopic (exact) mass is 262 g/mol. The van der Waals surface area contributed by atoms with Gasteiger partial charge < -0.3 is 9.80 Å². The van der Waals surface area contributed by atoms with Crippen LogP contribution in [-0.2, 0) is 16.1 Å². The summed E-state index contributed by atoms with van der Waals surface area (Å²) in [5, 5.41) is 4.20. The predicted octanol–water partition coefficient (Wildman–Crippen LogP) is 0.631. The van der Waals surface area contributed by atoms with Gasteiger partial charge in [0.25, 0.3) is 0 Å². The molecular formula is C13H18N4O2. The van der Waals surface area contributed by atoms with Gasteiger partial charge in [-0.15, -0.1) is 0 Å². The number of rotatable bonds is 2. The highest BCUT2D eigenvalue weighted by Gasteiger charge is 2.39. The van der Waals surface area contributed by atoms with Crippen LogP contribution in [0.5, 0.6) is 0 Å². The van der Waals surface area contributed by atoms with E-state index in [-0.39, 0.29) is 17.9 Å². The summed E-state index contributed by atoms with van der Waals surface area (Å²) >= 11 is 0. The van der Waals surface area contributed by atoms with E-state index in [0.29, 0.717) is 13.0 Å². The highest BCUT2D eigenvalue weighted by atomic mass is 16.2. The predicted molar refractivity (Wildman–Crippen MR) is 69.6 cm³/mol. The van der Waals surface area contributed by atoms with E-state index >= 15 is 0 Å². The van der Waals surface area contributed by atoms with Crippen molar-refractivity contribution < 1.29 is 9.59 Å². The summed E-state index contributed by atoms with van der Waals surface area (Å²) in [7, 11) is 0. The van der Waals surface area contributed by atoms with Crippen molar-refractivity contribution in [2.45, 2.75) is 38.8 Å². The minimum absolute atomic E-state index is 0.0407. The second-order valence-electron chi connectivity index (χ2n) is 5.04. The molecule has 19 heavy (non-hydrogen) atoms. The van der Waals surface area contributed by atoms with E-state index < -0.39 is 0 Å². The number of nitrogens with zero attached hydrogens (tertiary/aromatic N) is 4. The van der Waals surface area contributed by atoms with Gasteiger partial charge in [0.2, 0.25) is 11.8 Å². The summed E-state index contributed by atoms with van der Waals surface area (Å²) in [4.78, 5) is 28.0. The fourth-order valence-corrected chi connectivity index (χ4v) is 2.88. The van der Waals surface area contributed by atoms with Crippen molar-refractivity contribution in [3.63, 3.8) is 0 Å². The van der Waals surface area contributed by atoms with Crippen LogP contribution >= 0.6 is 0 Å². The Morgan fingerprint density at radius 2 is 2.21 bits per heavy atom. The van der Waals surface area contributed by atoms with Crippen LogP contribution in [0.4, 0.5) is 5.69 Å². The number of hydrogen-bond acceptors (Lipinski definition) is 3. The fraction of sp³-hybridized carbons (Fsp3) is 0.615. The standard InChI is InChI=1S/C13H18N4O2/c1-2-15-9-10(8-14-15)16-7-5-12(18)17-6-3-4-11(17)13(16)19/h8-9,11H,2-7H2,1H3. The molecule has 6 nitrogen and oxygen atoms in total. The van der Waals surface area contributed by atoms with Crippen molar-refractivity contribution in [2.24, 2.45) is 0 Å². The first kappa shape index (κ1) is 12.2. The zero-order valence-corrected chi connectivity index (χ0v) is 11.1. The summed E-state index contributed by atoms with van der Waals surface area (Å²) in [6, 6.07) is -0.264. The SMILES string of the molecule is CCn1cc(N2CCC(=O)N3CCCC3C2=O)cn1. The Hall–Kier alpha value is -1.85. The van der Waals surface area contributed by atoms with Crippen molar-refractivity contribution in [3.05, 3.63) is 12.4 Å². The maximum atomic E-state index is 12.6. The normalized spacial score (nSPS) is 23.7. The lowest BCUT2D eigenvalue weighted by Crippen LogP contribution is -2.43. The van der Waals surface area contributed by atoms with Crippen LogP contribution in [-0.4, -0.2) is 45.6 Å². The molecule has 1 unspecified atom stereocenters. The molecule has 3 rings (SSSR count). The zero-order valence-electron chi connectivity index (χ0n) is 11.1. The van der Waals surface area contributed by atoms with E-state index in [1.54, 1.807) is 20.7 Å². The minimum atomic E-state index is -0.264. The van der Waals surface area contributed by atoms with Gasteiger partial charge in [-0.1, -0.05) is 0 Å². The van der Waals surface area contributed by atoms with E-state index in [2.05, 4.69) is 5.10 Å². The summed E-state index contributed by atoms with van der Waals surface area (Å²) in [5.74, 6) is 0.139. The Labute approximate surface area is 112 Å². The highest BCUT2D eigenvalue weighted by Crippen LogP contribution is 2.26. The third-order valence-electron chi connectivity index (χ3n) is 3.93. The Bertz CT molecular complexity index is 510. The molecule has 1 atom stereocenters. The van der Waals surface area contributed by atoms with Gasteiger partial charge >= 0.3 is 0 Å². The van der Waals surface area contributed by atoms with E-state index in [1.165, 1.54) is 0 Å². The molecule has 102 valence electrons. The van der Waals surface area contributed by atoms with Gasteiger partial charge in [0.1, 0.15) is 6.04 Å². The van der Waals surface area contributed by atoms with E-state index in [1.807, 2.05) is 13.1 Å². The smallest absolute Gasteiger partial charge is 0.249 e. The maximum Gasteiger partial charge on any atom is 0.249 e. The second-order valence-corrected chi connectivity index (χ2v) is 5.04. The number of hydrogen-bond donors (Lipinski definition) is 0. The molecule has 2 fully saturated rings. The van der Waals surface area contributed by atoms with Gasteiger partial charge in [0.15, 0.2) is 0 Å². The van der Waals surface area contributed by atoms with Crippen LogP contribution in [0.15, 0.2) is 12.4 Å². The van der Waals surface area contributed by atoms with Crippen LogP contribution in [0.1, 0.15) is 26.2 Å². The maximum absolute atomic E-state index is 12.6. The van der Waals surface area contributed by atoms with Gasteiger partial charge in [0.05, 0.1) is 11.9 Å². The summed E-state index contributed by atoms with van der Waals surface area (Å²) in [6.45, 7) is 3.96. The molecular weight excluding hydrogens is 244 g/mol. The van der Waals surface area contributed by atoms with E-state index in [4.69, 9.17) is 0 Å². The van der Waals surface area contributed by atoms with E-state index in [9.17, 15) is 9.59 Å².